The average Bonchev–Trinajstić information content (AvgIpc) is 2.99. The fourth-order valence-electron chi connectivity index (χ4n) is 3.22. The second-order valence-electron chi connectivity index (χ2n) is 6.21. The van der Waals surface area contributed by atoms with Crippen molar-refractivity contribution in [3.63, 3.8) is 0 Å². The van der Waals surface area contributed by atoms with Crippen LogP contribution in [-0.4, -0.2) is 40.7 Å². The van der Waals surface area contributed by atoms with Gasteiger partial charge in [-0.2, -0.15) is 0 Å². The minimum Gasteiger partial charge on any atom is -0.497 e. The van der Waals surface area contributed by atoms with Gasteiger partial charge in [-0.1, -0.05) is 12.1 Å². The number of nitrogens with zero attached hydrogens (tertiary/aromatic N) is 2. The molecule has 2 aromatic rings. The number of aromatic nitrogens is 1. The Bertz CT molecular complexity index is 732. The number of hydrogen-bond acceptors (Lipinski definition) is 4. The van der Waals surface area contributed by atoms with Crippen LogP contribution in [-0.2, 0) is 11.2 Å². The van der Waals surface area contributed by atoms with Crippen LogP contribution in [0.4, 0.5) is 0 Å². The molecule has 5 nitrogen and oxygen atoms in total. The molecule has 126 valence electrons. The molecule has 0 saturated carbocycles. The van der Waals surface area contributed by atoms with Crippen molar-refractivity contribution in [2.45, 2.75) is 31.9 Å². The van der Waals surface area contributed by atoms with Gasteiger partial charge in [-0.05, 0) is 48.2 Å². The maximum atomic E-state index is 12.8. The minimum absolute atomic E-state index is 0.0219. The number of carbonyl (C=O) groups is 1. The Hall–Kier alpha value is -2.40. The number of amides is 1. The summed E-state index contributed by atoms with van der Waals surface area (Å²) in [5, 5.41) is 10.1. The normalized spacial score (nSPS) is 20.2. The number of carbonyl (C=O) groups excluding carboxylic acids is 1. The van der Waals surface area contributed by atoms with Gasteiger partial charge in [0, 0.05) is 18.9 Å². The number of aryl methyl sites for hydroxylation is 1. The summed E-state index contributed by atoms with van der Waals surface area (Å²) in [6, 6.07) is 9.45. The van der Waals surface area contributed by atoms with E-state index in [1.165, 1.54) is 0 Å². The summed E-state index contributed by atoms with van der Waals surface area (Å²) in [5.41, 5.74) is 2.97. The van der Waals surface area contributed by atoms with Crippen molar-refractivity contribution in [2.75, 3.05) is 13.7 Å². The third kappa shape index (κ3) is 3.41. The third-order valence-electron chi connectivity index (χ3n) is 4.56. The number of hydrogen-bond donors (Lipinski definition) is 1. The Morgan fingerprint density at radius 3 is 3.00 bits per heavy atom. The standard InChI is InChI=1S/C19H22N2O3/c1-13-11-20-7-6-14(13)9-19(23)21-12-16(22)10-18(21)15-4-3-5-17(8-15)24-2/h3-8,11,16,18,22H,9-10,12H2,1-2H3/t16-,18+/m1/s1. The molecule has 1 aromatic heterocycles. The van der Waals surface area contributed by atoms with Crippen LogP contribution >= 0.6 is 0 Å². The molecule has 2 heterocycles. The number of β-amino-alcohol motifs (C(OH)–C–C–N with tert-alkyl or cyclic N) is 1. The van der Waals surface area contributed by atoms with Crippen molar-refractivity contribution in [2.24, 2.45) is 0 Å². The topological polar surface area (TPSA) is 62.7 Å². The lowest BCUT2D eigenvalue weighted by Gasteiger charge is -2.25. The average molecular weight is 326 g/mol. The highest BCUT2D eigenvalue weighted by Crippen LogP contribution is 2.34. The second-order valence-corrected chi connectivity index (χ2v) is 6.21. The van der Waals surface area contributed by atoms with E-state index in [0.29, 0.717) is 19.4 Å². The van der Waals surface area contributed by atoms with Gasteiger partial charge in [0.25, 0.3) is 0 Å². The molecule has 1 aliphatic heterocycles. The quantitative estimate of drug-likeness (QED) is 0.936. The van der Waals surface area contributed by atoms with Crippen LogP contribution in [0.15, 0.2) is 42.7 Å². The number of rotatable bonds is 4. The van der Waals surface area contributed by atoms with Gasteiger partial charge < -0.3 is 14.7 Å². The van der Waals surface area contributed by atoms with Crippen LogP contribution in [0.25, 0.3) is 0 Å². The predicted octanol–water partition coefficient (Wildman–Crippen LogP) is 2.28. The zero-order valence-electron chi connectivity index (χ0n) is 14.0. The first-order valence-corrected chi connectivity index (χ1v) is 8.09. The van der Waals surface area contributed by atoms with E-state index in [0.717, 1.165) is 22.4 Å². The molecule has 1 amide bonds. The molecule has 24 heavy (non-hydrogen) atoms. The Morgan fingerprint density at radius 1 is 1.42 bits per heavy atom. The molecule has 0 aliphatic carbocycles. The van der Waals surface area contributed by atoms with Gasteiger partial charge in [0.1, 0.15) is 5.75 Å². The van der Waals surface area contributed by atoms with Crippen LogP contribution in [0.1, 0.15) is 29.2 Å². The maximum absolute atomic E-state index is 12.8. The largest absolute Gasteiger partial charge is 0.497 e. The van der Waals surface area contributed by atoms with E-state index in [9.17, 15) is 9.90 Å². The van der Waals surface area contributed by atoms with Crippen LogP contribution in [0, 0.1) is 6.92 Å². The van der Waals surface area contributed by atoms with E-state index in [1.807, 2.05) is 37.3 Å². The lowest BCUT2D eigenvalue weighted by molar-refractivity contribution is -0.131. The highest BCUT2D eigenvalue weighted by molar-refractivity contribution is 5.80. The highest BCUT2D eigenvalue weighted by Gasteiger charge is 2.35. The summed E-state index contributed by atoms with van der Waals surface area (Å²) >= 11 is 0. The lowest BCUT2D eigenvalue weighted by Crippen LogP contribution is -2.33. The summed E-state index contributed by atoms with van der Waals surface area (Å²) in [5.74, 6) is 0.778. The first-order valence-electron chi connectivity index (χ1n) is 8.09. The molecule has 1 saturated heterocycles. The van der Waals surface area contributed by atoms with Gasteiger partial charge in [-0.25, -0.2) is 0 Å². The van der Waals surface area contributed by atoms with Crippen LogP contribution in [0.2, 0.25) is 0 Å². The Kier molecular flexibility index (Phi) is 4.81. The van der Waals surface area contributed by atoms with E-state index in [4.69, 9.17) is 4.74 Å². The number of likely N-dealkylation sites (tertiary alicyclic amines) is 1. The van der Waals surface area contributed by atoms with Crippen molar-refractivity contribution in [1.82, 2.24) is 9.88 Å². The summed E-state index contributed by atoms with van der Waals surface area (Å²) in [6.45, 7) is 2.32. The highest BCUT2D eigenvalue weighted by atomic mass is 16.5. The van der Waals surface area contributed by atoms with E-state index in [1.54, 1.807) is 24.4 Å². The molecule has 0 spiro atoms. The molecule has 0 radical (unpaired) electrons. The van der Waals surface area contributed by atoms with E-state index in [2.05, 4.69) is 4.98 Å². The van der Waals surface area contributed by atoms with Crippen molar-refractivity contribution < 1.29 is 14.6 Å². The van der Waals surface area contributed by atoms with Crippen molar-refractivity contribution >= 4 is 5.91 Å². The SMILES string of the molecule is COc1cccc([C@@H]2C[C@@H](O)CN2C(=O)Cc2ccncc2C)c1. The lowest BCUT2D eigenvalue weighted by atomic mass is 10.0. The molecule has 0 unspecified atom stereocenters. The van der Waals surface area contributed by atoms with Gasteiger partial charge in [-0.3, -0.25) is 9.78 Å². The summed E-state index contributed by atoms with van der Waals surface area (Å²) < 4.78 is 5.28. The monoisotopic (exact) mass is 326 g/mol. The second kappa shape index (κ2) is 7.01. The third-order valence-corrected chi connectivity index (χ3v) is 4.56. The number of aliphatic hydroxyl groups excluding tert-OH is 1. The number of ether oxygens (including phenoxy) is 1. The van der Waals surface area contributed by atoms with Crippen LogP contribution in [0.5, 0.6) is 5.75 Å². The van der Waals surface area contributed by atoms with Crippen LogP contribution < -0.4 is 4.74 Å². The van der Waals surface area contributed by atoms with Crippen LogP contribution in [0.3, 0.4) is 0 Å². The van der Waals surface area contributed by atoms with Gasteiger partial charge in [0.05, 0.1) is 25.7 Å². The smallest absolute Gasteiger partial charge is 0.227 e. The molecule has 2 atom stereocenters. The van der Waals surface area contributed by atoms with Gasteiger partial charge in [-0.15, -0.1) is 0 Å². The van der Waals surface area contributed by atoms with E-state index in [-0.39, 0.29) is 11.9 Å². The zero-order valence-corrected chi connectivity index (χ0v) is 14.0. The molecule has 3 rings (SSSR count). The molecular weight excluding hydrogens is 304 g/mol. The first-order chi connectivity index (χ1) is 11.6. The van der Waals surface area contributed by atoms with Gasteiger partial charge in [0.2, 0.25) is 5.91 Å². The van der Waals surface area contributed by atoms with E-state index < -0.39 is 6.10 Å². The van der Waals surface area contributed by atoms with E-state index >= 15 is 0 Å². The molecule has 1 aromatic carbocycles. The molecule has 5 heteroatoms. The number of aliphatic hydroxyl groups is 1. The number of methoxy groups -OCH3 is 1. The molecule has 1 fully saturated rings. The zero-order chi connectivity index (χ0) is 17.1. The Labute approximate surface area is 141 Å². The molecule has 1 aliphatic rings. The first kappa shape index (κ1) is 16.5. The predicted molar refractivity (Wildman–Crippen MR) is 90.7 cm³/mol. The fraction of sp³-hybridized carbons (Fsp3) is 0.368. The molecular formula is C19H22N2O3. The minimum atomic E-state index is -0.497. The summed E-state index contributed by atoms with van der Waals surface area (Å²) in [4.78, 5) is 18.7. The van der Waals surface area contributed by atoms with Crippen molar-refractivity contribution in [3.05, 3.63) is 59.4 Å². The fourth-order valence-corrected chi connectivity index (χ4v) is 3.22. The van der Waals surface area contributed by atoms with Crippen molar-refractivity contribution in [1.29, 1.82) is 0 Å². The Morgan fingerprint density at radius 2 is 2.25 bits per heavy atom. The van der Waals surface area contributed by atoms with Gasteiger partial charge >= 0.3 is 0 Å². The summed E-state index contributed by atoms with van der Waals surface area (Å²) in [7, 11) is 1.62. The molecule has 0 bridgehead atoms. The van der Waals surface area contributed by atoms with Crippen molar-refractivity contribution in [3.8, 4) is 5.75 Å². The molecule has 1 N–H and O–H groups in total. The summed E-state index contributed by atoms with van der Waals surface area (Å²) in [6.07, 6.45) is 3.84. The van der Waals surface area contributed by atoms with Gasteiger partial charge in [0.15, 0.2) is 0 Å². The number of benzene rings is 1. The number of pyridine rings is 1. The Balaban J connectivity index is 1.82. The maximum Gasteiger partial charge on any atom is 0.227 e.